The van der Waals surface area contributed by atoms with E-state index in [1.807, 2.05) is 0 Å². The maximum atomic E-state index is 12.1. The Bertz CT molecular complexity index is 523. The Morgan fingerprint density at radius 1 is 1.55 bits per heavy atom. The van der Waals surface area contributed by atoms with E-state index in [0.29, 0.717) is 0 Å². The monoisotopic (exact) mass is 281 g/mol. The third-order valence-electron chi connectivity index (χ3n) is 2.36. The molecule has 0 aliphatic rings. The number of carbonyl (C=O) groups is 2. The maximum absolute atomic E-state index is 12.1. The highest BCUT2D eigenvalue weighted by molar-refractivity contribution is 5.94. The molecule has 0 aliphatic heterocycles. The van der Waals surface area contributed by atoms with Crippen LogP contribution in [-0.2, 0) is 9.53 Å². The third kappa shape index (κ3) is 3.94. The van der Waals surface area contributed by atoms with Crippen molar-refractivity contribution in [2.45, 2.75) is 6.92 Å². The van der Waals surface area contributed by atoms with Gasteiger partial charge in [0, 0.05) is 12.6 Å². The van der Waals surface area contributed by atoms with Crippen molar-refractivity contribution in [3.05, 3.63) is 40.6 Å². The number of amides is 1. The van der Waals surface area contributed by atoms with Crippen molar-refractivity contribution in [3.8, 4) is 0 Å². The Morgan fingerprint density at radius 2 is 2.25 bits per heavy atom. The number of nitrogens with zero attached hydrogens (tertiary/aromatic N) is 2. The summed E-state index contributed by atoms with van der Waals surface area (Å²) in [7, 11) is 0. The summed E-state index contributed by atoms with van der Waals surface area (Å²) in [6.45, 7) is 5.25. The minimum Gasteiger partial charge on any atom is -0.465 e. The number of aromatic nitrogens is 1. The molecule has 1 heterocycles. The van der Waals surface area contributed by atoms with Gasteiger partial charge in [0.05, 0.1) is 6.61 Å². The zero-order valence-corrected chi connectivity index (χ0v) is 11.0. The highest BCUT2D eigenvalue weighted by Gasteiger charge is 2.23. The normalized spacial score (nSPS) is 9.85. The van der Waals surface area contributed by atoms with Gasteiger partial charge in [-0.2, -0.15) is 0 Å². The van der Waals surface area contributed by atoms with Gasteiger partial charge in [0.15, 0.2) is 5.69 Å². The molecule has 8 nitrogen and oxygen atoms in total. The second-order valence-corrected chi connectivity index (χ2v) is 3.79. The van der Waals surface area contributed by atoms with Crippen molar-refractivity contribution < 1.29 is 19.2 Å². The largest absolute Gasteiger partial charge is 0.465 e. The average molecular weight is 281 g/mol. The number of esters is 1. The summed E-state index contributed by atoms with van der Waals surface area (Å²) in [5.41, 5.74) is 0.0304. The Kier molecular flexibility index (Phi) is 5.45. The molecule has 1 N–H and O–H groups in total. The van der Waals surface area contributed by atoms with E-state index in [1.165, 1.54) is 23.1 Å². The number of nitrogens with one attached hydrogen (secondary N) is 1. The van der Waals surface area contributed by atoms with Gasteiger partial charge in [-0.1, -0.05) is 6.08 Å². The lowest BCUT2D eigenvalue weighted by Gasteiger charge is -2.18. The van der Waals surface area contributed by atoms with Crippen LogP contribution in [0.15, 0.2) is 24.8 Å². The molecule has 0 unspecified atom stereocenters. The van der Waals surface area contributed by atoms with E-state index in [4.69, 9.17) is 4.74 Å². The number of ether oxygens (including phenoxy) is 1. The van der Waals surface area contributed by atoms with Gasteiger partial charge in [-0.15, -0.1) is 6.58 Å². The molecule has 1 rings (SSSR count). The van der Waals surface area contributed by atoms with E-state index in [-0.39, 0.29) is 31.2 Å². The van der Waals surface area contributed by atoms with Crippen LogP contribution in [0.25, 0.3) is 0 Å². The number of hydrogen-bond acceptors (Lipinski definition) is 5. The molecule has 0 saturated heterocycles. The molecule has 1 aromatic heterocycles. The maximum Gasteiger partial charge on any atom is 0.325 e. The summed E-state index contributed by atoms with van der Waals surface area (Å²) in [5.74, 6) is -1.38. The van der Waals surface area contributed by atoms with Crippen molar-refractivity contribution in [1.29, 1.82) is 0 Å². The smallest absolute Gasteiger partial charge is 0.325 e. The Morgan fingerprint density at radius 3 is 2.75 bits per heavy atom. The number of carbonyl (C=O) groups excluding carboxylic acids is 2. The summed E-state index contributed by atoms with van der Waals surface area (Å²) in [5, 5.41) is 10.6. The van der Waals surface area contributed by atoms with Crippen LogP contribution in [0.2, 0.25) is 0 Å². The third-order valence-corrected chi connectivity index (χ3v) is 2.36. The van der Waals surface area contributed by atoms with Crippen molar-refractivity contribution in [2.75, 3.05) is 19.7 Å². The molecule has 1 aromatic rings. The van der Waals surface area contributed by atoms with Crippen molar-refractivity contribution >= 4 is 17.7 Å². The molecule has 8 heteroatoms. The van der Waals surface area contributed by atoms with Gasteiger partial charge in [-0.25, -0.2) is 4.98 Å². The number of H-pyrrole nitrogens is 1. The van der Waals surface area contributed by atoms with Gasteiger partial charge < -0.3 is 19.8 Å². The van der Waals surface area contributed by atoms with E-state index >= 15 is 0 Å². The highest BCUT2D eigenvalue weighted by atomic mass is 16.6. The lowest BCUT2D eigenvalue weighted by molar-refractivity contribution is -0.389. The van der Waals surface area contributed by atoms with E-state index in [9.17, 15) is 19.7 Å². The van der Waals surface area contributed by atoms with Crippen LogP contribution in [-0.4, -0.2) is 46.4 Å². The molecule has 0 spiro atoms. The van der Waals surface area contributed by atoms with Crippen LogP contribution in [0, 0.1) is 10.1 Å². The molecule has 0 radical (unpaired) electrons. The minimum atomic E-state index is -0.639. The van der Waals surface area contributed by atoms with Crippen LogP contribution in [0.5, 0.6) is 0 Å². The second-order valence-electron chi connectivity index (χ2n) is 3.79. The van der Waals surface area contributed by atoms with E-state index in [0.717, 1.165) is 0 Å². The number of hydrogen-bond donors (Lipinski definition) is 1. The summed E-state index contributed by atoms with van der Waals surface area (Å²) >= 11 is 0. The number of nitro groups is 1. The molecule has 0 aromatic carbocycles. The van der Waals surface area contributed by atoms with Crippen LogP contribution in [0.4, 0.5) is 5.82 Å². The minimum absolute atomic E-state index is 0.0304. The number of aromatic amines is 1. The fourth-order valence-electron chi connectivity index (χ4n) is 1.52. The zero-order chi connectivity index (χ0) is 15.1. The Balaban J connectivity index is 2.84. The summed E-state index contributed by atoms with van der Waals surface area (Å²) in [6.07, 6.45) is 1.45. The van der Waals surface area contributed by atoms with Gasteiger partial charge in [0.1, 0.15) is 6.54 Å². The highest BCUT2D eigenvalue weighted by Crippen LogP contribution is 2.12. The first-order valence-corrected chi connectivity index (χ1v) is 5.88. The zero-order valence-electron chi connectivity index (χ0n) is 11.0. The first-order valence-electron chi connectivity index (χ1n) is 5.88. The SMILES string of the molecule is C=CCN(CC(=O)OCC)C(=O)c1ccc([N+](=O)[O-])[nH]1. The van der Waals surface area contributed by atoms with Crippen LogP contribution in [0.3, 0.4) is 0 Å². The molecule has 0 saturated carbocycles. The number of rotatable bonds is 7. The van der Waals surface area contributed by atoms with Crippen LogP contribution < -0.4 is 0 Å². The fraction of sp³-hybridized carbons (Fsp3) is 0.333. The first kappa shape index (κ1) is 15.4. The van der Waals surface area contributed by atoms with Crippen LogP contribution in [0.1, 0.15) is 17.4 Å². The first-order chi connectivity index (χ1) is 9.49. The lowest BCUT2D eigenvalue weighted by atomic mass is 10.3. The molecule has 0 aliphatic carbocycles. The van der Waals surface area contributed by atoms with Crippen molar-refractivity contribution in [2.24, 2.45) is 0 Å². The summed E-state index contributed by atoms with van der Waals surface area (Å²) in [6, 6.07) is 2.48. The lowest BCUT2D eigenvalue weighted by Crippen LogP contribution is -2.36. The predicted molar refractivity (Wildman–Crippen MR) is 70.2 cm³/mol. The Labute approximate surface area is 115 Å². The van der Waals surface area contributed by atoms with E-state index in [2.05, 4.69) is 11.6 Å². The van der Waals surface area contributed by atoms with Crippen LogP contribution >= 0.6 is 0 Å². The molecular formula is C12H15N3O5. The fourth-order valence-corrected chi connectivity index (χ4v) is 1.52. The molecule has 20 heavy (non-hydrogen) atoms. The molecule has 108 valence electrons. The standard InChI is InChI=1S/C12H15N3O5/c1-3-7-14(8-11(16)20-4-2)12(17)9-5-6-10(13-9)15(18)19/h3,5-6,13H,1,4,7-8H2,2H3. The quantitative estimate of drug-likeness (QED) is 0.349. The molecular weight excluding hydrogens is 266 g/mol. The second kappa shape index (κ2) is 7.07. The molecule has 0 bridgehead atoms. The summed E-state index contributed by atoms with van der Waals surface area (Å²) < 4.78 is 4.76. The predicted octanol–water partition coefficient (Wildman–Crippen LogP) is 1.11. The topological polar surface area (TPSA) is 106 Å². The molecule has 0 atom stereocenters. The Hall–Kier alpha value is -2.64. The average Bonchev–Trinajstić information content (AvgIpc) is 2.87. The van der Waals surface area contributed by atoms with Gasteiger partial charge >= 0.3 is 11.8 Å². The van der Waals surface area contributed by atoms with E-state index < -0.39 is 16.8 Å². The van der Waals surface area contributed by atoms with E-state index in [1.54, 1.807) is 6.92 Å². The van der Waals surface area contributed by atoms with Gasteiger partial charge in [-0.3, -0.25) is 9.59 Å². The summed E-state index contributed by atoms with van der Waals surface area (Å²) in [4.78, 5) is 37.0. The van der Waals surface area contributed by atoms with Crippen molar-refractivity contribution in [1.82, 2.24) is 9.88 Å². The van der Waals surface area contributed by atoms with Gasteiger partial charge in [0.25, 0.3) is 5.91 Å². The van der Waals surface area contributed by atoms with Gasteiger partial charge in [-0.05, 0) is 17.9 Å². The molecule has 1 amide bonds. The molecule has 0 fully saturated rings. The van der Waals surface area contributed by atoms with Crippen molar-refractivity contribution in [3.63, 3.8) is 0 Å². The van der Waals surface area contributed by atoms with Gasteiger partial charge in [0.2, 0.25) is 0 Å².